The van der Waals surface area contributed by atoms with Crippen molar-refractivity contribution >= 4 is 15.9 Å². The predicted octanol–water partition coefficient (Wildman–Crippen LogP) is 4.06. The largest absolute Gasteiger partial charge is 0.493 e. The molecule has 5 heteroatoms. The Labute approximate surface area is 119 Å². The molecule has 0 N–H and O–H groups in total. The Morgan fingerprint density at radius 1 is 1.21 bits per heavy atom. The maximum Gasteiger partial charge on any atom is 0.163 e. The van der Waals surface area contributed by atoms with Gasteiger partial charge in [0.2, 0.25) is 0 Å². The highest BCUT2D eigenvalue weighted by Crippen LogP contribution is 2.35. The number of nitrogens with zero attached hydrogens (tertiary/aromatic N) is 1. The summed E-state index contributed by atoms with van der Waals surface area (Å²) in [5.74, 6) is 0.521. The van der Waals surface area contributed by atoms with Crippen LogP contribution in [-0.2, 0) is 0 Å². The van der Waals surface area contributed by atoms with E-state index in [1.54, 1.807) is 24.5 Å². The van der Waals surface area contributed by atoms with Crippen LogP contribution in [0.5, 0.6) is 11.5 Å². The van der Waals surface area contributed by atoms with Crippen molar-refractivity contribution in [1.29, 1.82) is 0 Å². The van der Waals surface area contributed by atoms with Gasteiger partial charge in [0.1, 0.15) is 5.82 Å². The summed E-state index contributed by atoms with van der Waals surface area (Å²) in [6.45, 7) is 2.35. The summed E-state index contributed by atoms with van der Waals surface area (Å²) >= 11 is 3.32. The third-order valence-electron chi connectivity index (χ3n) is 2.57. The maximum absolute atomic E-state index is 14.1. The Bertz CT molecular complexity index is 590. The van der Waals surface area contributed by atoms with E-state index in [4.69, 9.17) is 9.47 Å². The Morgan fingerprint density at radius 2 is 2.00 bits per heavy atom. The third-order valence-corrected chi connectivity index (χ3v) is 3.00. The molecule has 0 aliphatic carbocycles. The number of pyridine rings is 1. The second-order valence-corrected chi connectivity index (χ2v) is 4.72. The molecule has 3 nitrogen and oxygen atoms in total. The van der Waals surface area contributed by atoms with Gasteiger partial charge in [0.15, 0.2) is 11.5 Å². The zero-order chi connectivity index (χ0) is 13.8. The van der Waals surface area contributed by atoms with Gasteiger partial charge in [-0.25, -0.2) is 4.39 Å². The number of rotatable bonds is 4. The molecule has 0 amide bonds. The van der Waals surface area contributed by atoms with Crippen LogP contribution in [0.1, 0.15) is 6.92 Å². The quantitative estimate of drug-likeness (QED) is 0.849. The molecule has 2 aromatic rings. The highest BCUT2D eigenvalue weighted by molar-refractivity contribution is 9.10. The first kappa shape index (κ1) is 13.8. The summed E-state index contributed by atoms with van der Waals surface area (Å²) in [7, 11) is 1.48. The fourth-order valence-corrected chi connectivity index (χ4v) is 2.11. The molecule has 1 heterocycles. The Balaban J connectivity index is 2.54. The minimum Gasteiger partial charge on any atom is -0.493 e. The maximum atomic E-state index is 14.1. The van der Waals surface area contributed by atoms with Gasteiger partial charge in [0.05, 0.1) is 13.7 Å². The van der Waals surface area contributed by atoms with Crippen LogP contribution in [0.25, 0.3) is 11.1 Å². The average Bonchev–Trinajstić information content (AvgIpc) is 2.40. The number of aromatic nitrogens is 1. The van der Waals surface area contributed by atoms with Crippen LogP contribution in [0.3, 0.4) is 0 Å². The molecular weight excluding hydrogens is 313 g/mol. The van der Waals surface area contributed by atoms with Gasteiger partial charge in [-0.05, 0) is 35.0 Å². The van der Waals surface area contributed by atoms with Crippen molar-refractivity contribution in [1.82, 2.24) is 4.98 Å². The summed E-state index contributed by atoms with van der Waals surface area (Å²) in [4.78, 5) is 4.03. The highest BCUT2D eigenvalue weighted by Gasteiger charge is 2.13. The SMILES string of the molecule is CCOc1cc(-c2cncc(Br)c2)c(F)cc1OC. The van der Waals surface area contributed by atoms with Crippen LogP contribution in [0.4, 0.5) is 4.39 Å². The van der Waals surface area contributed by atoms with E-state index in [1.807, 2.05) is 6.92 Å². The lowest BCUT2D eigenvalue weighted by Gasteiger charge is -2.12. The van der Waals surface area contributed by atoms with Gasteiger partial charge in [-0.2, -0.15) is 0 Å². The van der Waals surface area contributed by atoms with Gasteiger partial charge >= 0.3 is 0 Å². The van der Waals surface area contributed by atoms with Crippen molar-refractivity contribution in [3.8, 4) is 22.6 Å². The molecule has 19 heavy (non-hydrogen) atoms. The van der Waals surface area contributed by atoms with Crippen LogP contribution < -0.4 is 9.47 Å². The summed E-state index contributed by atoms with van der Waals surface area (Å²) in [6.07, 6.45) is 3.25. The van der Waals surface area contributed by atoms with E-state index in [2.05, 4.69) is 20.9 Å². The van der Waals surface area contributed by atoms with E-state index in [0.29, 0.717) is 29.2 Å². The lowest BCUT2D eigenvalue weighted by molar-refractivity contribution is 0.309. The molecule has 0 unspecified atom stereocenters. The molecule has 0 aliphatic rings. The van der Waals surface area contributed by atoms with Crippen LogP contribution >= 0.6 is 15.9 Å². The molecule has 0 radical (unpaired) electrons. The summed E-state index contributed by atoms with van der Waals surface area (Å²) in [5, 5.41) is 0. The summed E-state index contributed by atoms with van der Waals surface area (Å²) in [6, 6.07) is 4.75. The van der Waals surface area contributed by atoms with Crippen LogP contribution in [0.2, 0.25) is 0 Å². The molecule has 1 aromatic carbocycles. The van der Waals surface area contributed by atoms with Crippen molar-refractivity contribution in [3.63, 3.8) is 0 Å². The lowest BCUT2D eigenvalue weighted by atomic mass is 10.1. The first-order valence-corrected chi connectivity index (χ1v) is 6.56. The highest BCUT2D eigenvalue weighted by atomic mass is 79.9. The number of halogens is 2. The van der Waals surface area contributed by atoms with E-state index in [-0.39, 0.29) is 5.82 Å². The number of hydrogen-bond acceptors (Lipinski definition) is 3. The van der Waals surface area contributed by atoms with Crippen molar-refractivity contribution < 1.29 is 13.9 Å². The number of ether oxygens (including phenoxy) is 2. The first-order chi connectivity index (χ1) is 9.15. The van der Waals surface area contributed by atoms with E-state index in [9.17, 15) is 4.39 Å². The minimum absolute atomic E-state index is 0.375. The predicted molar refractivity (Wildman–Crippen MR) is 75.1 cm³/mol. The van der Waals surface area contributed by atoms with Gasteiger partial charge in [-0.1, -0.05) is 0 Å². The topological polar surface area (TPSA) is 31.4 Å². The fourth-order valence-electron chi connectivity index (χ4n) is 1.74. The van der Waals surface area contributed by atoms with Gasteiger partial charge in [-0.15, -0.1) is 0 Å². The summed E-state index contributed by atoms with van der Waals surface area (Å²) < 4.78 is 25.4. The number of hydrogen-bond donors (Lipinski definition) is 0. The average molecular weight is 326 g/mol. The molecule has 0 aliphatic heterocycles. The number of benzene rings is 1. The molecule has 2 rings (SSSR count). The van der Waals surface area contributed by atoms with E-state index in [0.717, 1.165) is 4.47 Å². The van der Waals surface area contributed by atoms with Crippen molar-refractivity contribution in [3.05, 3.63) is 40.9 Å². The molecule has 100 valence electrons. The zero-order valence-electron chi connectivity index (χ0n) is 10.6. The Kier molecular flexibility index (Phi) is 4.37. The second-order valence-electron chi connectivity index (χ2n) is 3.81. The van der Waals surface area contributed by atoms with Gasteiger partial charge < -0.3 is 9.47 Å². The molecule has 0 bridgehead atoms. The molecule has 0 atom stereocenters. The monoisotopic (exact) mass is 325 g/mol. The van der Waals surface area contributed by atoms with Crippen molar-refractivity contribution in [2.75, 3.05) is 13.7 Å². The van der Waals surface area contributed by atoms with Crippen LogP contribution in [0, 0.1) is 5.82 Å². The molecule has 0 saturated heterocycles. The zero-order valence-corrected chi connectivity index (χ0v) is 12.2. The minimum atomic E-state index is -0.375. The summed E-state index contributed by atoms with van der Waals surface area (Å²) in [5.41, 5.74) is 1.11. The van der Waals surface area contributed by atoms with E-state index in [1.165, 1.54) is 13.2 Å². The van der Waals surface area contributed by atoms with E-state index >= 15 is 0 Å². The molecular formula is C14H13BrFNO2. The molecule has 0 spiro atoms. The van der Waals surface area contributed by atoms with Gasteiger partial charge in [-0.3, -0.25) is 4.98 Å². The lowest BCUT2D eigenvalue weighted by Crippen LogP contribution is -1.97. The van der Waals surface area contributed by atoms with Gasteiger partial charge in [0.25, 0.3) is 0 Å². The Hall–Kier alpha value is -1.62. The smallest absolute Gasteiger partial charge is 0.163 e. The van der Waals surface area contributed by atoms with E-state index < -0.39 is 0 Å². The van der Waals surface area contributed by atoms with Crippen LogP contribution in [-0.4, -0.2) is 18.7 Å². The fraction of sp³-hybridized carbons (Fsp3) is 0.214. The Morgan fingerprint density at radius 3 is 2.63 bits per heavy atom. The standard InChI is InChI=1S/C14H13BrFNO2/c1-3-19-14-5-11(12(16)6-13(14)18-2)9-4-10(15)8-17-7-9/h4-8H,3H2,1-2H3. The van der Waals surface area contributed by atoms with Crippen molar-refractivity contribution in [2.24, 2.45) is 0 Å². The van der Waals surface area contributed by atoms with Crippen molar-refractivity contribution in [2.45, 2.75) is 6.92 Å². The molecule has 0 fully saturated rings. The third kappa shape index (κ3) is 3.04. The van der Waals surface area contributed by atoms with Gasteiger partial charge in [0, 0.05) is 34.1 Å². The van der Waals surface area contributed by atoms with Crippen LogP contribution in [0.15, 0.2) is 35.1 Å². The molecule has 1 aromatic heterocycles. The molecule has 0 saturated carbocycles. The normalized spacial score (nSPS) is 10.3. The first-order valence-electron chi connectivity index (χ1n) is 5.77. The second kappa shape index (κ2) is 6.02. The number of methoxy groups -OCH3 is 1.